The molecule has 7 heteroatoms. The van der Waals surface area contributed by atoms with E-state index >= 15 is 0 Å². The monoisotopic (exact) mass is 400 g/mol. The predicted molar refractivity (Wildman–Crippen MR) is 112 cm³/mol. The smallest absolute Gasteiger partial charge is 0.291 e. The number of rotatable bonds is 8. The Bertz CT molecular complexity index is 849. The maximum Gasteiger partial charge on any atom is 0.291 e. The fraction of sp³-hybridized carbons (Fsp3) is 0.364. The summed E-state index contributed by atoms with van der Waals surface area (Å²) in [4.78, 5) is 17.0. The quantitative estimate of drug-likeness (QED) is 0.542. The van der Waals surface area contributed by atoms with Gasteiger partial charge in [-0.05, 0) is 56.2 Å². The number of hydrogen-bond donors (Lipinski definition) is 1. The highest BCUT2D eigenvalue weighted by Crippen LogP contribution is 2.27. The molecule has 1 amide bonds. The molecule has 1 N–H and O–H groups in total. The minimum atomic E-state index is -0.311. The van der Waals surface area contributed by atoms with Gasteiger partial charge in [0.2, 0.25) is 0 Å². The Morgan fingerprint density at radius 3 is 2.41 bits per heavy atom. The van der Waals surface area contributed by atoms with Gasteiger partial charge < -0.3 is 18.9 Å². The van der Waals surface area contributed by atoms with E-state index in [0.717, 1.165) is 5.56 Å². The highest BCUT2D eigenvalue weighted by molar-refractivity contribution is 6.04. The second kappa shape index (κ2) is 10.9. The molecule has 0 atom stereocenters. The Morgan fingerprint density at radius 1 is 1.00 bits per heavy atom. The molecule has 2 aromatic carbocycles. The van der Waals surface area contributed by atoms with Crippen molar-refractivity contribution in [3.8, 4) is 17.2 Å². The number of nitrogens with zero attached hydrogens (tertiary/aromatic N) is 1. The standard InChI is InChI=1S/C22H28N2O5/c1-15(2)29-22(24-21(25)17-7-6-8-18(14-17)26-3)23-12-11-16-9-10-19(27-4)20(13-16)28-5/h6-10,13-15H,11-12H2,1-5H3,(H,23,24,25). The minimum absolute atomic E-state index is 0.125. The van der Waals surface area contributed by atoms with Gasteiger partial charge in [-0.2, -0.15) is 0 Å². The Labute approximate surface area is 171 Å². The van der Waals surface area contributed by atoms with E-state index < -0.39 is 0 Å². The minimum Gasteiger partial charge on any atom is -0.497 e. The molecule has 0 heterocycles. The number of carbonyl (C=O) groups excluding carboxylic acids is 1. The summed E-state index contributed by atoms with van der Waals surface area (Å²) in [6.45, 7) is 4.19. The summed E-state index contributed by atoms with van der Waals surface area (Å²) in [7, 11) is 4.75. The van der Waals surface area contributed by atoms with Crippen LogP contribution >= 0.6 is 0 Å². The van der Waals surface area contributed by atoms with Gasteiger partial charge in [0, 0.05) is 12.1 Å². The average molecular weight is 400 g/mol. The average Bonchev–Trinajstić information content (AvgIpc) is 2.73. The zero-order chi connectivity index (χ0) is 21.2. The molecule has 156 valence electrons. The Balaban J connectivity index is 2.07. The van der Waals surface area contributed by atoms with Crippen molar-refractivity contribution >= 4 is 11.9 Å². The highest BCUT2D eigenvalue weighted by atomic mass is 16.5. The number of hydrogen-bond acceptors (Lipinski definition) is 6. The van der Waals surface area contributed by atoms with Crippen LogP contribution < -0.4 is 19.5 Å². The molecule has 7 nitrogen and oxygen atoms in total. The van der Waals surface area contributed by atoms with Gasteiger partial charge in [0.1, 0.15) is 5.75 Å². The van der Waals surface area contributed by atoms with Crippen LogP contribution in [-0.4, -0.2) is 45.9 Å². The van der Waals surface area contributed by atoms with Crippen LogP contribution in [0, 0.1) is 0 Å². The fourth-order valence-corrected chi connectivity index (χ4v) is 2.59. The molecule has 0 aromatic heterocycles. The summed E-state index contributed by atoms with van der Waals surface area (Å²) in [5.74, 6) is 1.64. The first-order valence-corrected chi connectivity index (χ1v) is 9.34. The number of ether oxygens (including phenoxy) is 4. The van der Waals surface area contributed by atoms with Crippen LogP contribution in [0.1, 0.15) is 29.8 Å². The number of nitrogens with one attached hydrogen (secondary N) is 1. The van der Waals surface area contributed by atoms with Crippen LogP contribution in [0.15, 0.2) is 47.5 Å². The van der Waals surface area contributed by atoms with Gasteiger partial charge >= 0.3 is 0 Å². The lowest BCUT2D eigenvalue weighted by atomic mass is 10.1. The molecule has 29 heavy (non-hydrogen) atoms. The lowest BCUT2D eigenvalue weighted by Gasteiger charge is -2.14. The van der Waals surface area contributed by atoms with Crippen molar-refractivity contribution in [2.75, 3.05) is 27.9 Å². The molecule has 0 fully saturated rings. The lowest BCUT2D eigenvalue weighted by Crippen LogP contribution is -2.34. The molecule has 0 spiro atoms. The maximum atomic E-state index is 12.5. The molecule has 2 rings (SSSR count). The molecule has 0 bridgehead atoms. The van der Waals surface area contributed by atoms with E-state index in [1.54, 1.807) is 45.6 Å². The first-order chi connectivity index (χ1) is 14.0. The summed E-state index contributed by atoms with van der Waals surface area (Å²) >= 11 is 0. The van der Waals surface area contributed by atoms with E-state index in [-0.39, 0.29) is 18.0 Å². The Hall–Kier alpha value is -3.22. The van der Waals surface area contributed by atoms with Crippen molar-refractivity contribution in [2.45, 2.75) is 26.4 Å². The molecule has 0 aliphatic heterocycles. The number of methoxy groups -OCH3 is 3. The van der Waals surface area contributed by atoms with Gasteiger partial charge in [-0.1, -0.05) is 12.1 Å². The van der Waals surface area contributed by atoms with Gasteiger partial charge in [-0.25, -0.2) is 4.99 Å². The van der Waals surface area contributed by atoms with E-state index in [0.29, 0.717) is 35.8 Å². The zero-order valence-corrected chi connectivity index (χ0v) is 17.5. The Kier molecular flexibility index (Phi) is 8.33. The molecule has 0 saturated carbocycles. The molecule has 2 aromatic rings. The molecule has 0 unspecified atom stereocenters. The first kappa shape index (κ1) is 22.1. The Morgan fingerprint density at radius 2 is 1.76 bits per heavy atom. The van der Waals surface area contributed by atoms with Crippen molar-refractivity contribution in [1.29, 1.82) is 0 Å². The molecule has 0 saturated heterocycles. The molecule has 0 aliphatic rings. The summed E-state index contributed by atoms with van der Waals surface area (Å²) in [6, 6.07) is 12.8. The van der Waals surface area contributed by atoms with E-state index in [2.05, 4.69) is 10.3 Å². The van der Waals surface area contributed by atoms with Crippen molar-refractivity contribution in [3.05, 3.63) is 53.6 Å². The topological polar surface area (TPSA) is 78.4 Å². The SMILES string of the molecule is COc1cccc(C(=O)NC(=NCCc2ccc(OC)c(OC)c2)OC(C)C)c1. The molecule has 0 aliphatic carbocycles. The largest absolute Gasteiger partial charge is 0.497 e. The van der Waals surface area contributed by atoms with Crippen LogP contribution in [-0.2, 0) is 11.2 Å². The molecular weight excluding hydrogens is 372 g/mol. The number of aliphatic imine (C=N–C) groups is 1. The van der Waals surface area contributed by atoms with E-state index in [4.69, 9.17) is 18.9 Å². The number of benzene rings is 2. The third-order valence-corrected chi connectivity index (χ3v) is 4.00. The summed E-state index contributed by atoms with van der Waals surface area (Å²) in [5.41, 5.74) is 1.50. The molecule has 0 radical (unpaired) electrons. The van der Waals surface area contributed by atoms with E-state index in [1.807, 2.05) is 32.0 Å². The zero-order valence-electron chi connectivity index (χ0n) is 17.5. The van der Waals surface area contributed by atoms with Gasteiger partial charge in [0.25, 0.3) is 11.9 Å². The van der Waals surface area contributed by atoms with E-state index in [9.17, 15) is 4.79 Å². The number of carbonyl (C=O) groups is 1. The third kappa shape index (κ3) is 6.71. The van der Waals surface area contributed by atoms with Gasteiger partial charge in [0.15, 0.2) is 11.5 Å². The molecular formula is C22H28N2O5. The van der Waals surface area contributed by atoms with Crippen LogP contribution in [0.25, 0.3) is 0 Å². The second-order valence-corrected chi connectivity index (χ2v) is 6.48. The normalized spacial score (nSPS) is 11.2. The van der Waals surface area contributed by atoms with Gasteiger partial charge in [0.05, 0.1) is 27.4 Å². The fourth-order valence-electron chi connectivity index (χ4n) is 2.59. The van der Waals surface area contributed by atoms with Gasteiger partial charge in [-0.15, -0.1) is 0 Å². The highest BCUT2D eigenvalue weighted by Gasteiger charge is 2.12. The second-order valence-electron chi connectivity index (χ2n) is 6.48. The first-order valence-electron chi connectivity index (χ1n) is 9.34. The number of amidine groups is 1. The van der Waals surface area contributed by atoms with Crippen LogP contribution in [0.2, 0.25) is 0 Å². The van der Waals surface area contributed by atoms with Crippen molar-refractivity contribution < 1.29 is 23.7 Å². The van der Waals surface area contributed by atoms with Crippen LogP contribution in [0.4, 0.5) is 0 Å². The van der Waals surface area contributed by atoms with Crippen molar-refractivity contribution in [1.82, 2.24) is 5.32 Å². The third-order valence-electron chi connectivity index (χ3n) is 4.00. The number of amides is 1. The summed E-state index contributed by atoms with van der Waals surface area (Å²) in [5, 5.41) is 2.73. The summed E-state index contributed by atoms with van der Waals surface area (Å²) in [6.07, 6.45) is 0.529. The maximum absolute atomic E-state index is 12.5. The summed E-state index contributed by atoms with van der Waals surface area (Å²) < 4.78 is 21.4. The van der Waals surface area contributed by atoms with Crippen molar-refractivity contribution in [3.63, 3.8) is 0 Å². The van der Waals surface area contributed by atoms with Crippen LogP contribution in [0.5, 0.6) is 17.2 Å². The lowest BCUT2D eigenvalue weighted by molar-refractivity contribution is 0.0959. The predicted octanol–water partition coefficient (Wildman–Crippen LogP) is 3.47. The van der Waals surface area contributed by atoms with Crippen LogP contribution in [0.3, 0.4) is 0 Å². The van der Waals surface area contributed by atoms with Crippen molar-refractivity contribution in [2.24, 2.45) is 4.99 Å². The van der Waals surface area contributed by atoms with Gasteiger partial charge in [-0.3, -0.25) is 10.1 Å². The van der Waals surface area contributed by atoms with E-state index in [1.165, 1.54) is 0 Å².